The molecule has 0 bridgehead atoms. The molecule has 3 heterocycles. The predicted octanol–water partition coefficient (Wildman–Crippen LogP) is 5.00. The van der Waals surface area contributed by atoms with E-state index < -0.39 is 78.5 Å². The number of carbonyl (C=O) groups is 3. The first kappa shape index (κ1) is 44.2. The summed E-state index contributed by atoms with van der Waals surface area (Å²) in [5.74, 6) is -3.90. The average Bonchev–Trinajstić information content (AvgIpc) is 3.18. The lowest BCUT2D eigenvalue weighted by Gasteiger charge is -2.42. The van der Waals surface area contributed by atoms with Gasteiger partial charge in [0.2, 0.25) is 0 Å². The molecule has 0 aliphatic carbocycles. The van der Waals surface area contributed by atoms with Crippen LogP contribution >= 0.6 is 0 Å². The summed E-state index contributed by atoms with van der Waals surface area (Å²) in [5.41, 5.74) is 0.403. The molecule has 15 atom stereocenters. The van der Waals surface area contributed by atoms with E-state index in [-0.39, 0.29) is 48.9 Å². The van der Waals surface area contributed by atoms with Gasteiger partial charge in [-0.15, -0.1) is 0 Å². The van der Waals surface area contributed by atoms with Crippen LogP contribution in [0.25, 0.3) is 0 Å². The molecule has 13 heteroatoms. The molecule has 3 fully saturated rings. The lowest BCUT2D eigenvalue weighted by Crippen LogP contribution is -2.52. The molecule has 3 saturated heterocycles. The Balaban J connectivity index is 2.07. The third kappa shape index (κ3) is 11.9. The number of ether oxygens (including phenoxy) is 6. The summed E-state index contributed by atoms with van der Waals surface area (Å²) in [7, 11) is 3.48. The molecule has 0 spiro atoms. The summed E-state index contributed by atoms with van der Waals surface area (Å²) in [5, 5.41) is 15.4. The Hall–Kier alpha value is -2.16. The van der Waals surface area contributed by atoms with Gasteiger partial charge in [-0.3, -0.25) is 14.4 Å². The minimum Gasteiger partial charge on any atom is -0.465 e. The Morgan fingerprint density at radius 2 is 1.58 bits per heavy atom. The summed E-state index contributed by atoms with van der Waals surface area (Å²) >= 11 is 0. The molecule has 300 valence electrons. The number of nitrogens with zero attached hydrogens (tertiary/aromatic N) is 2. The molecule has 9 unspecified atom stereocenters. The molecule has 0 aromatic heterocycles. The molecule has 0 aromatic carbocycles. The number of hydrogen-bond acceptors (Lipinski definition) is 13. The fourth-order valence-electron chi connectivity index (χ4n) is 7.96. The van der Waals surface area contributed by atoms with Gasteiger partial charge in [0.05, 0.1) is 48.6 Å². The molecule has 3 aliphatic heterocycles. The number of hydrogen-bond donors (Lipinski definition) is 1. The maximum absolute atomic E-state index is 14.1. The summed E-state index contributed by atoms with van der Waals surface area (Å²) < 4.78 is 38.0. The highest BCUT2D eigenvalue weighted by atomic mass is 16.7. The van der Waals surface area contributed by atoms with Gasteiger partial charge in [-0.2, -0.15) is 0 Å². The van der Waals surface area contributed by atoms with Gasteiger partial charge in [0, 0.05) is 49.6 Å². The molecule has 3 aliphatic rings. The molecule has 1 N–H and O–H groups in total. The zero-order valence-corrected chi connectivity index (χ0v) is 33.9. The number of oxime groups is 1. The van der Waals surface area contributed by atoms with E-state index in [1.807, 2.05) is 55.4 Å². The van der Waals surface area contributed by atoms with Gasteiger partial charge in [0.25, 0.3) is 0 Å². The van der Waals surface area contributed by atoms with Crippen molar-refractivity contribution in [2.45, 2.75) is 157 Å². The average molecular weight is 741 g/mol. The summed E-state index contributed by atoms with van der Waals surface area (Å²) in [6.07, 6.45) is -3.95. The smallest absolute Gasteiger partial charge is 0.311 e. The van der Waals surface area contributed by atoms with E-state index in [9.17, 15) is 19.5 Å². The second-order valence-electron chi connectivity index (χ2n) is 16.4. The van der Waals surface area contributed by atoms with Crippen LogP contribution in [0.4, 0.5) is 0 Å². The first-order valence-electron chi connectivity index (χ1n) is 19.3. The zero-order chi connectivity index (χ0) is 39.0. The van der Waals surface area contributed by atoms with Crippen molar-refractivity contribution in [3.63, 3.8) is 0 Å². The van der Waals surface area contributed by atoms with E-state index in [0.29, 0.717) is 25.0 Å². The highest BCUT2D eigenvalue weighted by Gasteiger charge is 2.45. The molecule has 52 heavy (non-hydrogen) atoms. The highest BCUT2D eigenvalue weighted by molar-refractivity contribution is 5.89. The largest absolute Gasteiger partial charge is 0.465 e. The third-order valence-corrected chi connectivity index (χ3v) is 11.0. The highest BCUT2D eigenvalue weighted by Crippen LogP contribution is 2.36. The Morgan fingerprint density at radius 1 is 0.904 bits per heavy atom. The zero-order valence-electron chi connectivity index (χ0n) is 33.9. The van der Waals surface area contributed by atoms with Crippen molar-refractivity contribution in [2.75, 3.05) is 27.3 Å². The Labute approximate surface area is 311 Å². The minimum absolute atomic E-state index is 0.0490. The summed E-state index contributed by atoms with van der Waals surface area (Å²) in [6.45, 7) is 21.8. The van der Waals surface area contributed by atoms with Crippen LogP contribution in [-0.2, 0) is 47.6 Å². The van der Waals surface area contributed by atoms with Gasteiger partial charge in [0.15, 0.2) is 12.6 Å². The molecule has 13 nitrogen and oxygen atoms in total. The second kappa shape index (κ2) is 20.0. The van der Waals surface area contributed by atoms with Gasteiger partial charge in [-0.25, -0.2) is 0 Å². The van der Waals surface area contributed by atoms with Gasteiger partial charge in [-0.05, 0) is 53.0 Å². The maximum Gasteiger partial charge on any atom is 0.311 e. The van der Waals surface area contributed by atoms with E-state index in [1.165, 1.54) is 7.11 Å². The molecule has 3 rings (SSSR count). The van der Waals surface area contributed by atoms with Gasteiger partial charge in [0.1, 0.15) is 25.1 Å². The van der Waals surface area contributed by atoms with Crippen LogP contribution < -0.4 is 0 Å². The number of cyclic esters (lactones) is 1. The van der Waals surface area contributed by atoms with E-state index in [1.54, 1.807) is 13.8 Å². The number of rotatable bonds is 8. The van der Waals surface area contributed by atoms with Gasteiger partial charge < -0.3 is 43.3 Å². The number of esters is 2. The summed E-state index contributed by atoms with van der Waals surface area (Å²) in [4.78, 5) is 48.2. The van der Waals surface area contributed by atoms with Crippen LogP contribution in [0.3, 0.4) is 0 Å². The fraction of sp³-hybridized carbons (Fsp3) is 0.897. The Kier molecular flexibility index (Phi) is 17.0. The van der Waals surface area contributed by atoms with Crippen molar-refractivity contribution in [3.05, 3.63) is 0 Å². The quantitative estimate of drug-likeness (QED) is 0.263. The van der Waals surface area contributed by atoms with Crippen molar-refractivity contribution >= 4 is 23.4 Å². The fourth-order valence-corrected chi connectivity index (χ4v) is 7.96. The number of carbonyl (C=O) groups excluding carboxylic acids is 3. The van der Waals surface area contributed by atoms with E-state index in [2.05, 4.69) is 24.0 Å². The van der Waals surface area contributed by atoms with Crippen molar-refractivity contribution in [1.82, 2.24) is 4.90 Å². The minimum atomic E-state index is -1.20. The Bertz CT molecular complexity index is 1200. The first-order valence-corrected chi connectivity index (χ1v) is 19.3. The van der Waals surface area contributed by atoms with E-state index in [0.717, 1.165) is 6.54 Å². The number of likely N-dealkylation sites (N-methyl/N-ethyl adjacent to an activating group) is 1. The van der Waals surface area contributed by atoms with Crippen LogP contribution in [0.1, 0.15) is 102 Å². The van der Waals surface area contributed by atoms with Crippen LogP contribution in [0.2, 0.25) is 0 Å². The lowest BCUT2D eigenvalue weighted by atomic mass is 9.77. The molecule has 0 radical (unpaired) electrons. The van der Waals surface area contributed by atoms with Crippen LogP contribution in [0, 0.1) is 41.4 Å². The molecule has 0 aromatic rings. The Morgan fingerprint density at radius 3 is 2.21 bits per heavy atom. The number of Topliss-reactive ketones (excluding diaryl/α,β-unsaturated/α-hetero) is 1. The monoisotopic (exact) mass is 740 g/mol. The van der Waals surface area contributed by atoms with Gasteiger partial charge in [-0.1, -0.05) is 53.6 Å². The van der Waals surface area contributed by atoms with Crippen LogP contribution in [0.15, 0.2) is 5.16 Å². The van der Waals surface area contributed by atoms with E-state index in [4.69, 9.17) is 33.3 Å². The molecular weight excluding hydrogens is 672 g/mol. The van der Waals surface area contributed by atoms with Gasteiger partial charge >= 0.3 is 11.9 Å². The lowest BCUT2D eigenvalue weighted by molar-refractivity contribution is -0.263. The van der Waals surface area contributed by atoms with Crippen LogP contribution in [-0.4, -0.2) is 116 Å². The number of aliphatic hydroxyl groups excluding tert-OH is 1. The van der Waals surface area contributed by atoms with Crippen LogP contribution in [0.5, 0.6) is 0 Å². The number of aliphatic hydroxyl groups is 1. The molecule has 0 saturated carbocycles. The predicted molar refractivity (Wildman–Crippen MR) is 195 cm³/mol. The van der Waals surface area contributed by atoms with Crippen molar-refractivity contribution in [2.24, 2.45) is 46.6 Å². The first-order chi connectivity index (χ1) is 24.3. The normalized spacial score (nSPS) is 41.6. The maximum atomic E-state index is 14.1. The van der Waals surface area contributed by atoms with Crippen molar-refractivity contribution in [1.29, 1.82) is 0 Å². The number of ketones is 1. The van der Waals surface area contributed by atoms with Crippen molar-refractivity contribution < 1.29 is 52.7 Å². The summed E-state index contributed by atoms with van der Waals surface area (Å²) in [6, 6.07) is 0.160. The topological polar surface area (TPSA) is 152 Å². The molecule has 0 amide bonds. The standard InChI is InChI=1S/C39H68N2O11/c1-20(2)14-31(42)50-36-23(5)19-47-38(45)29(11)37(51-32-16-24(6)41(12)18-26(8)48-32)28(10)35(22(4)15-21(3)33(43)27(36)9)52-39-34(44)30(40-46-13)17-25(7)49-39/h20-29,32,34-37,39,44H,14-19H2,1-13H3/t21?,22?,23?,24-,25-,26+,27?,28?,29?,32+,34-,35?,36?,37?,39+/m1/s1. The second-order valence-corrected chi connectivity index (χ2v) is 16.4. The van der Waals surface area contributed by atoms with Crippen molar-refractivity contribution in [3.8, 4) is 0 Å². The third-order valence-electron chi connectivity index (χ3n) is 11.0. The van der Waals surface area contributed by atoms with E-state index >= 15 is 0 Å². The molecular formula is C39H68N2O11. The SMILES string of the molecule is CON=C1C[C@@H](C)O[C@@H](OC2C(C)CC(C)C(=O)C(C)C(OC(=O)CC(C)C)C(C)COC(=O)C(C)C(O[C@H]3C[C@@H](C)N(C)C[C@H](C)O3)C2C)[C@@H]1O.